The molecule has 31 heavy (non-hydrogen) atoms. The van der Waals surface area contributed by atoms with Crippen molar-refractivity contribution in [3.05, 3.63) is 65.2 Å². The molecule has 0 spiro atoms. The second-order valence-electron chi connectivity index (χ2n) is 7.97. The van der Waals surface area contributed by atoms with Crippen molar-refractivity contribution in [2.45, 2.75) is 26.4 Å². The van der Waals surface area contributed by atoms with Crippen LogP contribution < -0.4 is 0 Å². The van der Waals surface area contributed by atoms with Gasteiger partial charge in [-0.25, -0.2) is 9.97 Å². The van der Waals surface area contributed by atoms with E-state index in [0.717, 1.165) is 34.5 Å². The van der Waals surface area contributed by atoms with Crippen molar-refractivity contribution in [3.8, 4) is 16.6 Å². The summed E-state index contributed by atoms with van der Waals surface area (Å²) in [5, 5.41) is 3.30. The Hall–Kier alpha value is -3.13. The number of fused-ring (bicyclic) bond motifs is 2. The van der Waals surface area contributed by atoms with Crippen molar-refractivity contribution in [1.82, 2.24) is 19.5 Å². The number of rotatable bonds is 4. The normalized spacial score (nSPS) is 12.5. The number of thiazole rings is 1. The molecule has 0 saturated heterocycles. The number of imidazole rings is 1. The number of hydrogen-bond acceptors (Lipinski definition) is 3. The van der Waals surface area contributed by atoms with Crippen LogP contribution in [0.1, 0.15) is 25.0 Å². The summed E-state index contributed by atoms with van der Waals surface area (Å²) in [6.45, 7) is 4.19. The van der Waals surface area contributed by atoms with Crippen LogP contribution in [0.25, 0.3) is 38.6 Å². The van der Waals surface area contributed by atoms with Crippen LogP contribution in [-0.4, -0.2) is 19.5 Å². The fourth-order valence-electron chi connectivity index (χ4n) is 3.79. The highest BCUT2D eigenvalue weighted by Crippen LogP contribution is 2.35. The lowest BCUT2D eigenvalue weighted by Gasteiger charge is -2.08. The van der Waals surface area contributed by atoms with Gasteiger partial charge in [-0.2, -0.15) is 13.2 Å². The molecule has 0 aliphatic heterocycles. The van der Waals surface area contributed by atoms with Crippen LogP contribution in [0.3, 0.4) is 0 Å². The molecule has 0 amide bonds. The molecule has 0 unspecified atom stereocenters. The van der Waals surface area contributed by atoms with E-state index in [4.69, 9.17) is 0 Å². The lowest BCUT2D eigenvalue weighted by Crippen LogP contribution is -2.04. The zero-order valence-corrected chi connectivity index (χ0v) is 17.7. The van der Waals surface area contributed by atoms with Crippen molar-refractivity contribution < 1.29 is 13.2 Å². The summed E-state index contributed by atoms with van der Waals surface area (Å²) in [6.07, 6.45) is -1.72. The van der Waals surface area contributed by atoms with Crippen molar-refractivity contribution >= 4 is 33.3 Å². The Morgan fingerprint density at radius 1 is 1.10 bits per heavy atom. The zero-order valence-electron chi connectivity index (χ0n) is 16.9. The van der Waals surface area contributed by atoms with Gasteiger partial charge in [-0.3, -0.25) is 4.57 Å². The van der Waals surface area contributed by atoms with Crippen LogP contribution in [0.5, 0.6) is 0 Å². The summed E-state index contributed by atoms with van der Waals surface area (Å²) in [5.74, 6) is 1.02. The van der Waals surface area contributed by atoms with E-state index in [1.807, 2.05) is 35.8 Å². The van der Waals surface area contributed by atoms with Gasteiger partial charge in [0.15, 0.2) is 11.0 Å². The molecule has 0 bridgehead atoms. The predicted octanol–water partition coefficient (Wildman–Crippen LogP) is 6.85. The average molecular weight is 440 g/mol. The summed E-state index contributed by atoms with van der Waals surface area (Å²) in [6, 6.07) is 11.6. The SMILES string of the molecule is CC(C)Cc1cn(-c2nc(-c3nc4ccccc4[nH]3)cs2)c2cc(C(F)(F)F)ccc12. The lowest BCUT2D eigenvalue weighted by molar-refractivity contribution is -0.137. The first-order chi connectivity index (χ1) is 14.8. The molecule has 0 atom stereocenters. The van der Waals surface area contributed by atoms with Crippen molar-refractivity contribution in [2.24, 2.45) is 5.92 Å². The minimum Gasteiger partial charge on any atom is -0.337 e. The van der Waals surface area contributed by atoms with Crippen molar-refractivity contribution in [3.63, 3.8) is 0 Å². The van der Waals surface area contributed by atoms with E-state index >= 15 is 0 Å². The summed E-state index contributed by atoms with van der Waals surface area (Å²) in [4.78, 5) is 12.5. The molecule has 3 aromatic heterocycles. The van der Waals surface area contributed by atoms with E-state index in [-0.39, 0.29) is 0 Å². The molecular weight excluding hydrogens is 421 g/mol. The number of halogens is 3. The highest BCUT2D eigenvalue weighted by molar-refractivity contribution is 7.12. The molecule has 2 aromatic carbocycles. The van der Waals surface area contributed by atoms with Gasteiger partial charge in [0, 0.05) is 17.0 Å². The maximum Gasteiger partial charge on any atom is 0.416 e. The predicted molar refractivity (Wildman–Crippen MR) is 118 cm³/mol. The topological polar surface area (TPSA) is 46.5 Å². The van der Waals surface area contributed by atoms with E-state index in [0.29, 0.717) is 28.1 Å². The van der Waals surface area contributed by atoms with Gasteiger partial charge in [0.2, 0.25) is 0 Å². The van der Waals surface area contributed by atoms with Gasteiger partial charge in [-0.05, 0) is 42.2 Å². The Balaban J connectivity index is 1.63. The van der Waals surface area contributed by atoms with Crippen LogP contribution in [0.4, 0.5) is 13.2 Å². The van der Waals surface area contributed by atoms with Gasteiger partial charge >= 0.3 is 6.18 Å². The van der Waals surface area contributed by atoms with Crippen LogP contribution in [0, 0.1) is 5.92 Å². The minimum atomic E-state index is -4.40. The maximum absolute atomic E-state index is 13.4. The third kappa shape index (κ3) is 3.61. The molecule has 5 rings (SSSR count). The molecule has 1 N–H and O–H groups in total. The largest absolute Gasteiger partial charge is 0.416 e. The molecule has 5 aromatic rings. The molecular formula is C23H19F3N4S. The molecule has 0 aliphatic carbocycles. The Bertz CT molecular complexity index is 1360. The number of benzene rings is 2. The maximum atomic E-state index is 13.4. The summed E-state index contributed by atoms with van der Waals surface area (Å²) >= 11 is 1.38. The van der Waals surface area contributed by atoms with E-state index in [1.165, 1.54) is 17.4 Å². The van der Waals surface area contributed by atoms with E-state index in [2.05, 4.69) is 28.8 Å². The van der Waals surface area contributed by atoms with Gasteiger partial charge in [-0.15, -0.1) is 11.3 Å². The van der Waals surface area contributed by atoms with Gasteiger partial charge in [0.1, 0.15) is 5.69 Å². The first-order valence-corrected chi connectivity index (χ1v) is 10.8. The molecule has 8 heteroatoms. The summed E-state index contributed by atoms with van der Waals surface area (Å²) < 4.78 is 41.8. The number of hydrogen-bond donors (Lipinski definition) is 1. The lowest BCUT2D eigenvalue weighted by atomic mass is 10.0. The summed E-state index contributed by atoms with van der Waals surface area (Å²) in [5.41, 5.74) is 3.27. The Kier molecular flexibility index (Phi) is 4.62. The second-order valence-corrected chi connectivity index (χ2v) is 8.81. The number of para-hydroxylation sites is 2. The van der Waals surface area contributed by atoms with Gasteiger partial charge in [0.05, 0.1) is 22.1 Å². The number of nitrogens with zero attached hydrogens (tertiary/aromatic N) is 3. The minimum absolute atomic E-state index is 0.378. The number of H-pyrrole nitrogens is 1. The van der Waals surface area contributed by atoms with E-state index in [1.54, 1.807) is 10.6 Å². The summed E-state index contributed by atoms with van der Waals surface area (Å²) in [7, 11) is 0. The van der Waals surface area contributed by atoms with Crippen LogP contribution in [-0.2, 0) is 12.6 Å². The van der Waals surface area contributed by atoms with Crippen molar-refractivity contribution in [2.75, 3.05) is 0 Å². The molecule has 0 radical (unpaired) electrons. The zero-order chi connectivity index (χ0) is 21.8. The second kappa shape index (κ2) is 7.23. The van der Waals surface area contributed by atoms with Crippen LogP contribution >= 0.6 is 11.3 Å². The highest BCUT2D eigenvalue weighted by atomic mass is 32.1. The average Bonchev–Trinajstić information content (AvgIpc) is 3.43. The van der Waals surface area contributed by atoms with Gasteiger partial charge < -0.3 is 4.98 Å². The molecule has 3 heterocycles. The van der Waals surface area contributed by atoms with Gasteiger partial charge in [0.25, 0.3) is 0 Å². The smallest absolute Gasteiger partial charge is 0.337 e. The van der Waals surface area contributed by atoms with Gasteiger partial charge in [-0.1, -0.05) is 32.0 Å². The number of alkyl halides is 3. The molecule has 0 aliphatic rings. The number of aromatic amines is 1. The fraction of sp³-hybridized carbons (Fsp3) is 0.217. The highest BCUT2D eigenvalue weighted by Gasteiger charge is 2.31. The fourth-order valence-corrected chi connectivity index (χ4v) is 4.59. The van der Waals surface area contributed by atoms with Crippen molar-refractivity contribution in [1.29, 1.82) is 0 Å². The standard InChI is InChI=1S/C23H19F3N4S/c1-13(2)9-14-11-30(20-10-15(23(24,25)26)7-8-16(14)20)22-29-19(12-31-22)21-27-17-5-3-4-6-18(17)28-21/h3-8,10-13H,9H2,1-2H3,(H,27,28). The number of nitrogens with one attached hydrogen (secondary N) is 1. The Morgan fingerprint density at radius 2 is 1.90 bits per heavy atom. The quantitative estimate of drug-likeness (QED) is 0.332. The van der Waals surface area contributed by atoms with E-state index < -0.39 is 11.7 Å². The molecule has 158 valence electrons. The number of aromatic nitrogens is 4. The first-order valence-electron chi connectivity index (χ1n) is 9.92. The third-order valence-electron chi connectivity index (χ3n) is 5.17. The van der Waals surface area contributed by atoms with Crippen LogP contribution in [0.15, 0.2) is 54.0 Å². The molecule has 0 fully saturated rings. The van der Waals surface area contributed by atoms with E-state index in [9.17, 15) is 13.2 Å². The molecule has 4 nitrogen and oxygen atoms in total. The molecule has 0 saturated carbocycles. The van der Waals surface area contributed by atoms with Crippen LogP contribution in [0.2, 0.25) is 0 Å². The monoisotopic (exact) mass is 440 g/mol. The first kappa shape index (κ1) is 19.8. The Morgan fingerprint density at radius 3 is 2.65 bits per heavy atom. The third-order valence-corrected chi connectivity index (χ3v) is 6.01. The Labute approximate surface area is 180 Å².